The zero-order valence-electron chi connectivity index (χ0n) is 17.9. The molecule has 0 aliphatic heterocycles. The zero-order valence-corrected chi connectivity index (χ0v) is 19.6. The molecule has 0 aliphatic carbocycles. The fraction of sp³-hybridized carbons (Fsp3) is 0.722. The van der Waals surface area contributed by atoms with Gasteiger partial charge in [-0.25, -0.2) is 4.79 Å². The second-order valence-corrected chi connectivity index (χ2v) is 8.42. The van der Waals surface area contributed by atoms with Crippen molar-refractivity contribution < 1.29 is 29.1 Å². The first-order valence-corrected chi connectivity index (χ1v) is 11.8. The van der Waals surface area contributed by atoms with Crippen LogP contribution < -0.4 is 27.4 Å². The van der Waals surface area contributed by atoms with Crippen molar-refractivity contribution in [3.63, 3.8) is 0 Å². The number of aliphatic carboxylic acids is 1. The van der Waals surface area contributed by atoms with E-state index in [1.807, 2.05) is 13.8 Å². The highest BCUT2D eigenvalue weighted by Crippen LogP contribution is 2.07. The second kappa shape index (κ2) is 14.9. The Balaban J connectivity index is 5.27. The fourth-order valence-electron chi connectivity index (χ4n) is 2.42. The summed E-state index contributed by atoms with van der Waals surface area (Å²) in [5, 5.41) is 16.4. The van der Waals surface area contributed by atoms with Crippen LogP contribution in [0.2, 0.25) is 0 Å². The van der Waals surface area contributed by atoms with Crippen molar-refractivity contribution in [2.45, 2.75) is 57.3 Å². The van der Waals surface area contributed by atoms with Gasteiger partial charge in [0, 0.05) is 5.75 Å². The number of carbonyl (C=O) groups is 5. The molecule has 0 saturated heterocycles. The summed E-state index contributed by atoms with van der Waals surface area (Å²) >= 11 is 5.51. The van der Waals surface area contributed by atoms with Gasteiger partial charge in [0.15, 0.2) is 0 Å². The van der Waals surface area contributed by atoms with Crippen molar-refractivity contribution in [2.75, 3.05) is 17.8 Å². The second-order valence-electron chi connectivity index (χ2n) is 7.07. The quantitative estimate of drug-likeness (QED) is 0.137. The largest absolute Gasteiger partial charge is 0.480 e. The maximum absolute atomic E-state index is 12.7. The van der Waals surface area contributed by atoms with Crippen molar-refractivity contribution in [2.24, 2.45) is 17.4 Å². The monoisotopic (exact) mass is 479 g/mol. The first-order valence-electron chi connectivity index (χ1n) is 9.75. The predicted octanol–water partition coefficient (Wildman–Crippen LogP) is -1.54. The van der Waals surface area contributed by atoms with Crippen molar-refractivity contribution in [3.8, 4) is 0 Å². The molecule has 11 nitrogen and oxygen atoms in total. The molecule has 0 aliphatic rings. The van der Waals surface area contributed by atoms with Crippen LogP contribution in [0.1, 0.15) is 33.1 Å². The Hall–Kier alpha value is -1.99. The lowest BCUT2D eigenvalue weighted by Gasteiger charge is -2.25. The molecule has 178 valence electrons. The normalized spacial score (nSPS) is 15.6. The summed E-state index contributed by atoms with van der Waals surface area (Å²) in [4.78, 5) is 59.8. The predicted molar refractivity (Wildman–Crippen MR) is 122 cm³/mol. The van der Waals surface area contributed by atoms with Gasteiger partial charge in [0.25, 0.3) is 0 Å². The van der Waals surface area contributed by atoms with Gasteiger partial charge in [-0.1, -0.05) is 20.3 Å². The van der Waals surface area contributed by atoms with Crippen LogP contribution >= 0.6 is 24.4 Å². The molecule has 0 heterocycles. The SMILES string of the molecule is CCC(C)C(N)C(=O)NC(CS)C(=O)NC(CCSC)C(=O)NC(CC(N)=O)C(=O)O. The molecule has 5 atom stereocenters. The van der Waals surface area contributed by atoms with E-state index in [1.165, 1.54) is 11.8 Å². The van der Waals surface area contributed by atoms with Gasteiger partial charge in [0.2, 0.25) is 23.6 Å². The molecule has 8 N–H and O–H groups in total. The summed E-state index contributed by atoms with van der Waals surface area (Å²) in [5.41, 5.74) is 10.9. The Morgan fingerprint density at radius 2 is 1.52 bits per heavy atom. The molecule has 0 fully saturated rings. The van der Waals surface area contributed by atoms with E-state index in [-0.39, 0.29) is 18.1 Å². The first kappa shape index (κ1) is 29.0. The molecule has 0 rings (SSSR count). The smallest absolute Gasteiger partial charge is 0.326 e. The number of carbonyl (C=O) groups excluding carboxylic acids is 4. The molecule has 0 aromatic carbocycles. The van der Waals surface area contributed by atoms with Gasteiger partial charge in [-0.3, -0.25) is 19.2 Å². The Kier molecular flexibility index (Phi) is 14.0. The Labute approximate surface area is 191 Å². The van der Waals surface area contributed by atoms with E-state index < -0.39 is 60.2 Å². The lowest BCUT2D eigenvalue weighted by Crippen LogP contribution is -2.58. The van der Waals surface area contributed by atoms with Crippen molar-refractivity contribution in [1.29, 1.82) is 0 Å². The van der Waals surface area contributed by atoms with E-state index in [0.29, 0.717) is 12.2 Å². The number of rotatable bonds is 15. The van der Waals surface area contributed by atoms with E-state index in [1.54, 1.807) is 6.26 Å². The van der Waals surface area contributed by atoms with Gasteiger partial charge in [-0.05, 0) is 24.3 Å². The topological polar surface area (TPSA) is 194 Å². The average Bonchev–Trinajstić information content (AvgIpc) is 2.72. The van der Waals surface area contributed by atoms with E-state index in [2.05, 4.69) is 28.6 Å². The zero-order chi connectivity index (χ0) is 24.1. The molecule has 13 heteroatoms. The number of thiol groups is 1. The highest BCUT2D eigenvalue weighted by molar-refractivity contribution is 7.98. The number of nitrogens with one attached hydrogen (secondary N) is 3. The molecular weight excluding hydrogens is 446 g/mol. The minimum absolute atomic E-state index is 0.0406. The third kappa shape index (κ3) is 10.7. The Bertz CT molecular complexity index is 651. The van der Waals surface area contributed by atoms with E-state index in [0.717, 1.165) is 0 Å². The number of nitrogens with two attached hydrogens (primary N) is 2. The van der Waals surface area contributed by atoms with Gasteiger partial charge in [0.1, 0.15) is 18.1 Å². The molecule has 31 heavy (non-hydrogen) atoms. The number of hydrogen-bond acceptors (Lipinski definition) is 8. The van der Waals surface area contributed by atoms with Crippen LogP contribution in [0, 0.1) is 5.92 Å². The van der Waals surface area contributed by atoms with E-state index >= 15 is 0 Å². The van der Waals surface area contributed by atoms with Crippen LogP contribution in [-0.4, -0.2) is 76.6 Å². The molecule has 0 spiro atoms. The maximum Gasteiger partial charge on any atom is 0.326 e. The van der Waals surface area contributed by atoms with Crippen LogP contribution in [-0.2, 0) is 24.0 Å². The number of thioether (sulfide) groups is 1. The summed E-state index contributed by atoms with van der Waals surface area (Å²) in [6, 6.07) is -4.46. The summed E-state index contributed by atoms with van der Waals surface area (Å²) in [5.74, 6) is -3.93. The van der Waals surface area contributed by atoms with Crippen molar-refractivity contribution in [3.05, 3.63) is 0 Å². The van der Waals surface area contributed by atoms with Crippen LogP contribution in [0.15, 0.2) is 0 Å². The molecule has 0 aromatic heterocycles. The highest BCUT2D eigenvalue weighted by Gasteiger charge is 2.30. The molecule has 0 aromatic rings. The summed E-state index contributed by atoms with van der Waals surface area (Å²) in [6.07, 6.45) is 2.09. The fourth-order valence-corrected chi connectivity index (χ4v) is 3.15. The molecule has 0 bridgehead atoms. The minimum Gasteiger partial charge on any atom is -0.480 e. The molecule has 5 unspecified atom stereocenters. The first-order chi connectivity index (χ1) is 14.5. The van der Waals surface area contributed by atoms with Crippen molar-refractivity contribution >= 4 is 54.0 Å². The number of carboxylic acids is 1. The van der Waals surface area contributed by atoms with Gasteiger partial charge in [-0.15, -0.1) is 0 Å². The number of primary amides is 1. The van der Waals surface area contributed by atoms with Gasteiger partial charge in [-0.2, -0.15) is 24.4 Å². The average molecular weight is 480 g/mol. The van der Waals surface area contributed by atoms with Gasteiger partial charge in [0.05, 0.1) is 12.5 Å². The summed E-state index contributed by atoms with van der Waals surface area (Å²) in [6.45, 7) is 3.70. The molecule has 0 saturated carbocycles. The van der Waals surface area contributed by atoms with Crippen LogP contribution in [0.4, 0.5) is 0 Å². The van der Waals surface area contributed by atoms with E-state index in [9.17, 15) is 24.0 Å². The Morgan fingerprint density at radius 1 is 1.00 bits per heavy atom. The third-order valence-electron chi connectivity index (χ3n) is 4.64. The van der Waals surface area contributed by atoms with Gasteiger partial charge >= 0.3 is 5.97 Å². The van der Waals surface area contributed by atoms with E-state index in [4.69, 9.17) is 16.6 Å². The molecule has 0 radical (unpaired) electrons. The van der Waals surface area contributed by atoms with Gasteiger partial charge < -0.3 is 32.5 Å². The minimum atomic E-state index is -1.52. The summed E-state index contributed by atoms with van der Waals surface area (Å²) in [7, 11) is 0. The number of carboxylic acid groups (broad SMARTS) is 1. The van der Waals surface area contributed by atoms with Crippen LogP contribution in [0.25, 0.3) is 0 Å². The third-order valence-corrected chi connectivity index (χ3v) is 5.65. The highest BCUT2D eigenvalue weighted by atomic mass is 32.2. The van der Waals surface area contributed by atoms with Crippen LogP contribution in [0.5, 0.6) is 0 Å². The molecular formula is C18H33N5O6S2. The van der Waals surface area contributed by atoms with Crippen LogP contribution in [0.3, 0.4) is 0 Å². The van der Waals surface area contributed by atoms with Crippen molar-refractivity contribution in [1.82, 2.24) is 16.0 Å². The lowest BCUT2D eigenvalue weighted by atomic mass is 9.99. The lowest BCUT2D eigenvalue weighted by molar-refractivity contribution is -0.143. The standard InChI is InChI=1S/C18H33N5O6S2/c1-4-9(2)14(20)17(27)23-12(8-30)16(26)21-10(5-6-31-3)15(25)22-11(18(28)29)7-13(19)24/h9-12,14,30H,4-8,20H2,1-3H3,(H2,19,24)(H,21,26)(H,22,25)(H,23,27)(H,28,29). The number of hydrogen-bond donors (Lipinski definition) is 7. The molecule has 4 amide bonds. The summed E-state index contributed by atoms with van der Waals surface area (Å²) < 4.78 is 0. The maximum atomic E-state index is 12.7. The Morgan fingerprint density at radius 3 is 1.97 bits per heavy atom. The number of amides is 4.